The number of halogens is 3. The molecule has 0 saturated carbocycles. The van der Waals surface area contributed by atoms with E-state index in [9.17, 15) is 22.8 Å². The van der Waals surface area contributed by atoms with Crippen molar-refractivity contribution in [1.82, 2.24) is 20.4 Å². The molecule has 0 unspecified atom stereocenters. The van der Waals surface area contributed by atoms with E-state index < -0.39 is 23.1 Å². The monoisotopic (exact) mass is 398 g/mol. The highest BCUT2D eigenvalue weighted by Gasteiger charge is 2.37. The highest BCUT2D eigenvalue weighted by Crippen LogP contribution is 2.33. The predicted octanol–water partition coefficient (Wildman–Crippen LogP) is 3.21. The zero-order valence-corrected chi connectivity index (χ0v) is 15.4. The molecule has 3 N–H and O–H groups in total. The van der Waals surface area contributed by atoms with Gasteiger partial charge in [0.2, 0.25) is 0 Å². The van der Waals surface area contributed by atoms with Crippen LogP contribution in [-0.2, 0) is 6.18 Å². The number of benzene rings is 1. The molecule has 0 bridgehead atoms. The summed E-state index contributed by atoms with van der Waals surface area (Å²) in [5.41, 5.74) is -2.60. The summed E-state index contributed by atoms with van der Waals surface area (Å²) in [4.78, 5) is 25.7. The van der Waals surface area contributed by atoms with E-state index in [4.69, 9.17) is 0 Å². The Hall–Kier alpha value is -2.95. The van der Waals surface area contributed by atoms with Gasteiger partial charge in [-0.25, -0.2) is 0 Å². The van der Waals surface area contributed by atoms with Crippen LogP contribution in [0.25, 0.3) is 0 Å². The molecule has 1 amide bonds. The quantitative estimate of drug-likeness (QED) is 0.595. The minimum Gasteiger partial charge on any atom is -0.351 e. The largest absolute Gasteiger partial charge is 0.435 e. The van der Waals surface area contributed by atoms with Crippen molar-refractivity contribution >= 4 is 17.3 Å². The van der Waals surface area contributed by atoms with Gasteiger partial charge in [-0.1, -0.05) is 13.8 Å². The first-order valence-corrected chi connectivity index (χ1v) is 8.66. The number of carbonyl (C=O) groups is 1. The van der Waals surface area contributed by atoms with Gasteiger partial charge in [-0.05, 0) is 37.4 Å². The predicted molar refractivity (Wildman–Crippen MR) is 97.2 cm³/mol. The fourth-order valence-corrected chi connectivity index (χ4v) is 2.41. The molecule has 0 radical (unpaired) electrons. The molecule has 0 atom stereocenters. The van der Waals surface area contributed by atoms with E-state index in [0.29, 0.717) is 12.1 Å². The maximum absolute atomic E-state index is 12.8. The number of H-pyrrole nitrogens is 2. The molecule has 1 aromatic carbocycles. The van der Waals surface area contributed by atoms with Gasteiger partial charge in [0.1, 0.15) is 0 Å². The molecule has 0 aliphatic carbocycles. The lowest BCUT2D eigenvalue weighted by Gasteiger charge is -2.17. The lowest BCUT2D eigenvalue weighted by atomic mass is 10.2. The van der Waals surface area contributed by atoms with Gasteiger partial charge >= 0.3 is 6.18 Å². The van der Waals surface area contributed by atoms with Gasteiger partial charge in [-0.2, -0.15) is 18.3 Å². The highest BCUT2D eigenvalue weighted by molar-refractivity contribution is 5.94. The Balaban J connectivity index is 2.02. The van der Waals surface area contributed by atoms with Crippen molar-refractivity contribution < 1.29 is 18.0 Å². The molecule has 0 aliphatic heterocycles. The molecule has 1 heterocycles. The minimum atomic E-state index is -4.76. The molecule has 0 fully saturated rings. The number of nitrogens with one attached hydrogen (secondary N) is 3. The second kappa shape index (κ2) is 9.31. The Morgan fingerprint density at radius 1 is 1.11 bits per heavy atom. The zero-order chi connectivity index (χ0) is 20.7. The second-order valence-electron chi connectivity index (χ2n) is 5.83. The van der Waals surface area contributed by atoms with Crippen LogP contribution in [-0.4, -0.2) is 47.2 Å². The summed E-state index contributed by atoms with van der Waals surface area (Å²) >= 11 is 0. The molecule has 2 rings (SSSR count). The lowest BCUT2D eigenvalue weighted by Crippen LogP contribution is -2.34. The Bertz CT molecular complexity index is 866. The number of aromatic nitrogens is 2. The van der Waals surface area contributed by atoms with Gasteiger partial charge in [0.25, 0.3) is 11.5 Å². The van der Waals surface area contributed by atoms with Crippen molar-refractivity contribution in [3.05, 3.63) is 45.9 Å². The van der Waals surface area contributed by atoms with E-state index in [1.807, 2.05) is 18.9 Å². The zero-order valence-electron chi connectivity index (χ0n) is 15.4. The van der Waals surface area contributed by atoms with Crippen molar-refractivity contribution in [3.8, 4) is 0 Å². The first-order valence-electron chi connectivity index (χ1n) is 8.66. The minimum absolute atomic E-state index is 0.202. The SMILES string of the molecule is CCN(CC)CCNC(=O)c1ccc(N=Nc2c(C(F)(F)F)[nH][nH]c2=O)cc1. The van der Waals surface area contributed by atoms with Crippen molar-refractivity contribution in [2.24, 2.45) is 10.2 Å². The molecule has 2 aromatic rings. The average molecular weight is 398 g/mol. The summed E-state index contributed by atoms with van der Waals surface area (Å²) in [7, 11) is 0. The number of hydrogen-bond donors (Lipinski definition) is 3. The van der Waals surface area contributed by atoms with Crippen molar-refractivity contribution in [2.45, 2.75) is 20.0 Å². The molecule has 0 aliphatic rings. The molecule has 152 valence electrons. The van der Waals surface area contributed by atoms with E-state index in [2.05, 4.69) is 20.4 Å². The van der Waals surface area contributed by atoms with E-state index in [1.165, 1.54) is 24.3 Å². The van der Waals surface area contributed by atoms with Crippen LogP contribution >= 0.6 is 0 Å². The van der Waals surface area contributed by atoms with Crippen LogP contribution in [0.1, 0.15) is 29.9 Å². The molecule has 28 heavy (non-hydrogen) atoms. The van der Waals surface area contributed by atoms with Crippen LogP contribution < -0.4 is 10.9 Å². The smallest absolute Gasteiger partial charge is 0.351 e. The maximum Gasteiger partial charge on any atom is 0.435 e. The van der Waals surface area contributed by atoms with Crippen LogP contribution in [0.5, 0.6) is 0 Å². The number of nitrogens with zero attached hydrogens (tertiary/aromatic N) is 3. The van der Waals surface area contributed by atoms with Crippen molar-refractivity contribution in [1.29, 1.82) is 0 Å². The Kier molecular flexibility index (Phi) is 7.10. The number of aromatic amines is 2. The van der Waals surface area contributed by atoms with Gasteiger partial charge in [0, 0.05) is 18.7 Å². The molecule has 8 nitrogen and oxygen atoms in total. The van der Waals surface area contributed by atoms with Gasteiger partial charge < -0.3 is 10.2 Å². The maximum atomic E-state index is 12.8. The van der Waals surface area contributed by atoms with Gasteiger partial charge in [-0.3, -0.25) is 19.8 Å². The first kappa shape index (κ1) is 21.4. The van der Waals surface area contributed by atoms with Crippen LogP contribution in [0.2, 0.25) is 0 Å². The normalized spacial score (nSPS) is 12.1. The van der Waals surface area contributed by atoms with Gasteiger partial charge in [0.15, 0.2) is 11.4 Å². The number of azo groups is 1. The Morgan fingerprint density at radius 2 is 1.75 bits per heavy atom. The molecule has 0 saturated heterocycles. The van der Waals surface area contributed by atoms with E-state index in [0.717, 1.165) is 19.6 Å². The first-order chi connectivity index (χ1) is 13.3. The number of hydrogen-bond acceptors (Lipinski definition) is 5. The third-order valence-electron chi connectivity index (χ3n) is 4.04. The number of rotatable bonds is 8. The summed E-state index contributed by atoms with van der Waals surface area (Å²) in [6.07, 6.45) is -4.76. The fourth-order valence-electron chi connectivity index (χ4n) is 2.41. The summed E-state index contributed by atoms with van der Waals surface area (Å²) in [6, 6.07) is 5.81. The number of likely N-dealkylation sites (N-methyl/N-ethyl adjacent to an activating group) is 1. The van der Waals surface area contributed by atoms with Crippen molar-refractivity contribution in [2.75, 3.05) is 26.2 Å². The standard InChI is InChI=1S/C17H21F3N6O2/c1-3-26(4-2)10-9-21-15(27)11-5-7-12(8-6-11)22-23-13-14(17(18,19)20)24-25-16(13)28/h5-8H,3-4,9-10H2,1-2H3,(H,21,27)(H2,24,25,28). The number of carbonyl (C=O) groups excluding carboxylic acids is 1. The summed E-state index contributed by atoms with van der Waals surface area (Å²) in [5, 5.41) is 13.4. The van der Waals surface area contributed by atoms with Crippen LogP contribution in [0.15, 0.2) is 39.3 Å². The fraction of sp³-hybridized carbons (Fsp3) is 0.412. The van der Waals surface area contributed by atoms with Gasteiger partial charge in [0.05, 0.1) is 5.69 Å². The number of alkyl halides is 3. The molecular formula is C17H21F3N6O2. The summed E-state index contributed by atoms with van der Waals surface area (Å²) in [5.74, 6) is -0.267. The van der Waals surface area contributed by atoms with Crippen LogP contribution in [0, 0.1) is 0 Å². The van der Waals surface area contributed by atoms with Crippen LogP contribution in [0.4, 0.5) is 24.5 Å². The average Bonchev–Trinajstić information content (AvgIpc) is 3.04. The van der Waals surface area contributed by atoms with Gasteiger partial charge in [-0.15, -0.1) is 5.11 Å². The Morgan fingerprint density at radius 3 is 2.32 bits per heavy atom. The third kappa shape index (κ3) is 5.52. The summed E-state index contributed by atoms with van der Waals surface area (Å²) in [6.45, 7) is 7.10. The van der Waals surface area contributed by atoms with E-state index in [-0.39, 0.29) is 11.6 Å². The highest BCUT2D eigenvalue weighted by atomic mass is 19.4. The second-order valence-corrected chi connectivity index (χ2v) is 5.83. The molecule has 11 heteroatoms. The number of amides is 1. The van der Waals surface area contributed by atoms with E-state index >= 15 is 0 Å². The van der Waals surface area contributed by atoms with Crippen molar-refractivity contribution in [3.63, 3.8) is 0 Å². The topological polar surface area (TPSA) is 106 Å². The lowest BCUT2D eigenvalue weighted by molar-refractivity contribution is -0.140. The third-order valence-corrected chi connectivity index (χ3v) is 4.04. The molecule has 1 aromatic heterocycles. The van der Waals surface area contributed by atoms with E-state index in [1.54, 1.807) is 5.10 Å². The molecular weight excluding hydrogens is 377 g/mol. The Labute approximate surface area is 158 Å². The molecule has 0 spiro atoms. The summed E-state index contributed by atoms with van der Waals surface area (Å²) < 4.78 is 38.4. The van der Waals surface area contributed by atoms with Crippen LogP contribution in [0.3, 0.4) is 0 Å².